The van der Waals surface area contributed by atoms with Gasteiger partial charge in [0.1, 0.15) is 4.34 Å². The van der Waals surface area contributed by atoms with Gasteiger partial charge in [-0.15, -0.1) is 0 Å². The van der Waals surface area contributed by atoms with Crippen molar-refractivity contribution in [3.05, 3.63) is 10.5 Å². The third-order valence-electron chi connectivity index (χ3n) is 3.40. The zero-order valence-electron chi connectivity index (χ0n) is 7.92. The summed E-state index contributed by atoms with van der Waals surface area (Å²) in [5.74, 6) is 1.01. The summed E-state index contributed by atoms with van der Waals surface area (Å²) in [5, 5.41) is 4.39. The molecule has 1 aromatic heterocycles. The first-order valence-corrected chi connectivity index (χ1v) is 6.33. The first-order valence-electron chi connectivity index (χ1n) is 5.14. The van der Waals surface area contributed by atoms with Gasteiger partial charge in [-0.05, 0) is 37.0 Å². The summed E-state index contributed by atoms with van der Waals surface area (Å²) in [7, 11) is 0. The van der Waals surface area contributed by atoms with Gasteiger partial charge in [0, 0.05) is 6.54 Å². The van der Waals surface area contributed by atoms with Crippen LogP contribution in [0.1, 0.15) is 25.7 Å². The number of anilines is 1. The number of rotatable bonds is 4. The smallest absolute Gasteiger partial charge is 0.184 e. The van der Waals surface area contributed by atoms with E-state index in [0.717, 1.165) is 21.9 Å². The highest BCUT2D eigenvalue weighted by atomic mass is 35.5. The molecule has 2 aliphatic rings. The molecule has 0 amide bonds. The van der Waals surface area contributed by atoms with Crippen LogP contribution in [0.3, 0.4) is 0 Å². The molecule has 14 heavy (non-hydrogen) atoms. The Hall–Kier alpha value is -0.280. The molecule has 0 aliphatic heterocycles. The molecular weight excluding hydrogens is 216 g/mol. The Morgan fingerprint density at radius 3 is 2.86 bits per heavy atom. The molecule has 1 N–H and O–H groups in total. The Balaban J connectivity index is 1.59. The zero-order chi connectivity index (χ0) is 9.60. The summed E-state index contributed by atoms with van der Waals surface area (Å²) in [5.41, 5.74) is 0.637. The highest BCUT2D eigenvalue weighted by molar-refractivity contribution is 7.19. The lowest BCUT2D eigenvalue weighted by atomic mass is 10.0. The number of halogens is 1. The zero-order valence-corrected chi connectivity index (χ0v) is 9.50. The quantitative estimate of drug-likeness (QED) is 0.855. The number of thiazole rings is 1. The summed E-state index contributed by atoms with van der Waals surface area (Å²) >= 11 is 7.35. The highest BCUT2D eigenvalue weighted by Gasteiger charge is 2.53. The molecule has 0 aromatic carbocycles. The van der Waals surface area contributed by atoms with E-state index < -0.39 is 0 Å². The van der Waals surface area contributed by atoms with Crippen molar-refractivity contribution in [3.63, 3.8) is 0 Å². The van der Waals surface area contributed by atoms with Gasteiger partial charge in [-0.25, -0.2) is 4.98 Å². The standard InChI is InChI=1S/C10H13ClN2S/c11-8-5-12-9(14-8)13-6-10(3-4-10)7-1-2-7/h5,7H,1-4,6H2,(H,12,13). The van der Waals surface area contributed by atoms with Gasteiger partial charge in [0.25, 0.3) is 0 Å². The molecule has 1 heterocycles. The summed E-state index contributed by atoms with van der Waals surface area (Å²) in [4.78, 5) is 4.20. The van der Waals surface area contributed by atoms with E-state index in [1.807, 2.05) is 0 Å². The average Bonchev–Trinajstić information content (AvgIpc) is 3.03. The maximum absolute atomic E-state index is 5.82. The average molecular weight is 229 g/mol. The number of nitrogens with one attached hydrogen (secondary N) is 1. The van der Waals surface area contributed by atoms with Gasteiger partial charge < -0.3 is 5.32 Å². The van der Waals surface area contributed by atoms with Crippen molar-refractivity contribution in [2.75, 3.05) is 11.9 Å². The Morgan fingerprint density at radius 1 is 1.57 bits per heavy atom. The van der Waals surface area contributed by atoms with Gasteiger partial charge >= 0.3 is 0 Å². The van der Waals surface area contributed by atoms with Crippen molar-refractivity contribution < 1.29 is 0 Å². The molecule has 2 aliphatic carbocycles. The fourth-order valence-electron chi connectivity index (χ4n) is 2.17. The molecule has 0 radical (unpaired) electrons. The van der Waals surface area contributed by atoms with Gasteiger partial charge in [-0.1, -0.05) is 22.9 Å². The molecule has 2 saturated carbocycles. The normalized spacial score (nSPS) is 23.5. The van der Waals surface area contributed by atoms with Crippen LogP contribution in [0, 0.1) is 11.3 Å². The Bertz CT molecular complexity index is 342. The third kappa shape index (κ3) is 1.63. The summed E-state index contributed by atoms with van der Waals surface area (Å²) in [6.07, 6.45) is 7.42. The predicted molar refractivity (Wildman–Crippen MR) is 60.0 cm³/mol. The van der Waals surface area contributed by atoms with Gasteiger partial charge in [0.15, 0.2) is 5.13 Å². The second-order valence-corrected chi connectivity index (χ2v) is 6.12. The van der Waals surface area contributed by atoms with Crippen LogP contribution in [0.25, 0.3) is 0 Å². The molecule has 0 spiro atoms. The van der Waals surface area contributed by atoms with Crippen molar-refractivity contribution in [2.24, 2.45) is 11.3 Å². The molecule has 0 saturated heterocycles. The van der Waals surface area contributed by atoms with E-state index >= 15 is 0 Å². The van der Waals surface area contributed by atoms with E-state index in [9.17, 15) is 0 Å². The van der Waals surface area contributed by atoms with Gasteiger partial charge in [0.05, 0.1) is 6.20 Å². The Labute approximate surface area is 92.7 Å². The topological polar surface area (TPSA) is 24.9 Å². The maximum Gasteiger partial charge on any atom is 0.184 e. The van der Waals surface area contributed by atoms with Crippen LogP contribution >= 0.6 is 22.9 Å². The molecule has 76 valence electrons. The van der Waals surface area contributed by atoms with Crippen LogP contribution in [-0.2, 0) is 0 Å². The molecule has 2 nitrogen and oxygen atoms in total. The molecule has 1 aromatic rings. The van der Waals surface area contributed by atoms with Crippen molar-refractivity contribution in [1.29, 1.82) is 0 Å². The van der Waals surface area contributed by atoms with Crippen LogP contribution in [0.15, 0.2) is 6.20 Å². The van der Waals surface area contributed by atoms with Crippen LogP contribution in [0.5, 0.6) is 0 Å². The summed E-state index contributed by atoms with van der Waals surface area (Å²) < 4.78 is 0.767. The Kier molecular flexibility index (Phi) is 1.99. The molecule has 0 bridgehead atoms. The van der Waals surface area contributed by atoms with E-state index in [1.54, 1.807) is 6.20 Å². The first-order chi connectivity index (χ1) is 6.78. The Morgan fingerprint density at radius 2 is 2.36 bits per heavy atom. The number of aromatic nitrogens is 1. The van der Waals surface area contributed by atoms with Gasteiger partial charge in [-0.3, -0.25) is 0 Å². The van der Waals surface area contributed by atoms with E-state index in [1.165, 1.54) is 37.0 Å². The largest absolute Gasteiger partial charge is 0.361 e. The predicted octanol–water partition coefficient (Wildman–Crippen LogP) is 3.40. The molecule has 0 atom stereocenters. The third-order valence-corrected chi connectivity index (χ3v) is 4.48. The van der Waals surface area contributed by atoms with Crippen molar-refractivity contribution >= 4 is 28.1 Å². The highest BCUT2D eigenvalue weighted by Crippen LogP contribution is 2.61. The number of hydrogen-bond acceptors (Lipinski definition) is 3. The second kappa shape index (κ2) is 3.11. The van der Waals surface area contributed by atoms with E-state index in [-0.39, 0.29) is 0 Å². The molecule has 4 heteroatoms. The van der Waals surface area contributed by atoms with Gasteiger partial charge in [0.2, 0.25) is 0 Å². The fraction of sp³-hybridized carbons (Fsp3) is 0.700. The number of nitrogens with zero attached hydrogens (tertiary/aromatic N) is 1. The minimum absolute atomic E-state index is 0.637. The van der Waals surface area contributed by atoms with Crippen LogP contribution in [-0.4, -0.2) is 11.5 Å². The number of hydrogen-bond donors (Lipinski definition) is 1. The van der Waals surface area contributed by atoms with Crippen molar-refractivity contribution in [2.45, 2.75) is 25.7 Å². The van der Waals surface area contributed by atoms with Crippen LogP contribution < -0.4 is 5.32 Å². The van der Waals surface area contributed by atoms with E-state index in [0.29, 0.717) is 5.41 Å². The van der Waals surface area contributed by atoms with Gasteiger partial charge in [-0.2, -0.15) is 0 Å². The molecule has 2 fully saturated rings. The summed E-state index contributed by atoms with van der Waals surface area (Å²) in [6, 6.07) is 0. The monoisotopic (exact) mass is 228 g/mol. The molecular formula is C10H13ClN2S. The first kappa shape index (κ1) is 8.98. The molecule has 0 unspecified atom stereocenters. The SMILES string of the molecule is Clc1cnc(NCC2(C3CC3)CC2)s1. The minimum atomic E-state index is 0.637. The van der Waals surface area contributed by atoms with Crippen LogP contribution in [0.2, 0.25) is 4.34 Å². The fourth-order valence-corrected chi connectivity index (χ4v) is 2.98. The second-order valence-electron chi connectivity index (χ2n) is 4.46. The lowest BCUT2D eigenvalue weighted by molar-refractivity contribution is 0.467. The molecule has 3 rings (SSSR count). The van der Waals surface area contributed by atoms with Crippen molar-refractivity contribution in [3.8, 4) is 0 Å². The lowest BCUT2D eigenvalue weighted by Crippen LogP contribution is -2.17. The van der Waals surface area contributed by atoms with E-state index in [4.69, 9.17) is 11.6 Å². The lowest BCUT2D eigenvalue weighted by Gasteiger charge is -2.13. The van der Waals surface area contributed by atoms with E-state index in [2.05, 4.69) is 10.3 Å². The summed E-state index contributed by atoms with van der Waals surface area (Å²) in [6.45, 7) is 1.10. The van der Waals surface area contributed by atoms with Crippen molar-refractivity contribution in [1.82, 2.24) is 4.98 Å². The minimum Gasteiger partial charge on any atom is -0.361 e. The van der Waals surface area contributed by atoms with Crippen LogP contribution in [0.4, 0.5) is 5.13 Å². The maximum atomic E-state index is 5.82.